The Labute approximate surface area is 161 Å². The fourth-order valence-corrected chi connectivity index (χ4v) is 2.37. The third-order valence-corrected chi connectivity index (χ3v) is 3.63. The van der Waals surface area contributed by atoms with E-state index in [1.165, 1.54) is 13.2 Å². The van der Waals surface area contributed by atoms with Crippen molar-refractivity contribution in [3.8, 4) is 11.5 Å². The lowest BCUT2D eigenvalue weighted by Crippen LogP contribution is -2.09. The molecule has 0 spiro atoms. The first-order valence-corrected chi connectivity index (χ1v) is 7.87. The Bertz CT molecular complexity index is 960. The van der Waals surface area contributed by atoms with E-state index in [2.05, 4.69) is 4.99 Å². The van der Waals surface area contributed by atoms with Crippen molar-refractivity contribution in [3.63, 3.8) is 0 Å². The van der Waals surface area contributed by atoms with Crippen LogP contribution in [0.4, 0.5) is 18.9 Å². The lowest BCUT2D eigenvalue weighted by Gasteiger charge is -2.12. The molecule has 0 saturated heterocycles. The molecule has 0 heterocycles. The minimum Gasteiger partial charge on any atom is -0.480 e. The first kappa shape index (κ1) is 21.2. The van der Waals surface area contributed by atoms with Crippen LogP contribution in [-0.4, -0.2) is 23.8 Å². The molecule has 7 nitrogen and oxygen atoms in total. The molecule has 1 amide bonds. The molecule has 148 valence electrons. The SMILES string of the molecule is COC(=NC(C)=O)c1cc(Oc2ccc(C(F)(F)F)cc2Cl)ccc1[N+](=O)[O-]. The van der Waals surface area contributed by atoms with Crippen LogP contribution in [0.2, 0.25) is 5.02 Å². The number of halogens is 4. The van der Waals surface area contributed by atoms with Gasteiger partial charge in [-0.3, -0.25) is 14.9 Å². The highest BCUT2D eigenvalue weighted by atomic mass is 35.5. The number of benzene rings is 2. The number of aliphatic imine (C=N–C) groups is 1. The summed E-state index contributed by atoms with van der Waals surface area (Å²) in [6.07, 6.45) is -4.57. The van der Waals surface area contributed by atoms with Gasteiger partial charge in [-0.1, -0.05) is 11.6 Å². The van der Waals surface area contributed by atoms with Crippen molar-refractivity contribution in [1.29, 1.82) is 0 Å². The van der Waals surface area contributed by atoms with Gasteiger partial charge in [0.05, 0.1) is 22.6 Å². The molecule has 2 aromatic carbocycles. The summed E-state index contributed by atoms with van der Waals surface area (Å²) in [5, 5.41) is 10.9. The van der Waals surface area contributed by atoms with Crippen LogP contribution >= 0.6 is 11.6 Å². The fraction of sp³-hybridized carbons (Fsp3) is 0.176. The number of carbonyl (C=O) groups excluding carboxylic acids is 1. The zero-order chi connectivity index (χ0) is 21.1. The summed E-state index contributed by atoms with van der Waals surface area (Å²) in [6, 6.07) is 5.96. The van der Waals surface area contributed by atoms with Crippen LogP contribution in [0.1, 0.15) is 18.1 Å². The number of carbonyl (C=O) groups is 1. The maximum Gasteiger partial charge on any atom is 0.416 e. The molecule has 0 bridgehead atoms. The minimum absolute atomic E-state index is 0.00978. The van der Waals surface area contributed by atoms with Gasteiger partial charge in [0.2, 0.25) is 11.8 Å². The molecule has 0 radical (unpaired) electrons. The number of nitrogens with zero attached hydrogens (tertiary/aromatic N) is 2. The molecule has 0 aliphatic heterocycles. The number of rotatable bonds is 4. The zero-order valence-electron chi connectivity index (χ0n) is 14.4. The Kier molecular flexibility index (Phi) is 6.24. The largest absolute Gasteiger partial charge is 0.480 e. The van der Waals surface area contributed by atoms with Crippen molar-refractivity contribution in [1.82, 2.24) is 0 Å². The van der Waals surface area contributed by atoms with Crippen molar-refractivity contribution in [3.05, 3.63) is 62.7 Å². The van der Waals surface area contributed by atoms with Crippen molar-refractivity contribution in [2.24, 2.45) is 4.99 Å². The maximum atomic E-state index is 12.7. The van der Waals surface area contributed by atoms with Gasteiger partial charge in [-0.25, -0.2) is 0 Å². The van der Waals surface area contributed by atoms with E-state index in [0.717, 1.165) is 31.2 Å². The van der Waals surface area contributed by atoms with Gasteiger partial charge in [0, 0.05) is 19.1 Å². The second-order valence-corrected chi connectivity index (χ2v) is 5.73. The third-order valence-electron chi connectivity index (χ3n) is 3.33. The van der Waals surface area contributed by atoms with Gasteiger partial charge in [-0.15, -0.1) is 0 Å². The van der Waals surface area contributed by atoms with E-state index in [4.69, 9.17) is 21.1 Å². The molecule has 0 aliphatic rings. The Hall–Kier alpha value is -3.14. The summed E-state index contributed by atoms with van der Waals surface area (Å²) in [5.41, 5.74) is -1.51. The predicted octanol–water partition coefficient (Wildman–Crippen LogP) is 5.00. The quantitative estimate of drug-likeness (QED) is 0.303. The zero-order valence-corrected chi connectivity index (χ0v) is 15.2. The smallest absolute Gasteiger partial charge is 0.416 e. The number of ether oxygens (including phenoxy) is 2. The molecule has 0 unspecified atom stereocenters. The molecule has 0 aliphatic carbocycles. The first-order chi connectivity index (χ1) is 13.0. The molecule has 0 aromatic heterocycles. The van der Waals surface area contributed by atoms with E-state index in [1.807, 2.05) is 0 Å². The minimum atomic E-state index is -4.57. The summed E-state index contributed by atoms with van der Waals surface area (Å²) < 4.78 is 48.5. The summed E-state index contributed by atoms with van der Waals surface area (Å²) >= 11 is 5.84. The third kappa shape index (κ3) is 4.97. The second kappa shape index (κ2) is 8.26. The van der Waals surface area contributed by atoms with Gasteiger partial charge in [-0.05, 0) is 24.3 Å². The summed E-state index contributed by atoms with van der Waals surface area (Å²) in [5.74, 6) is -1.06. The normalized spacial score (nSPS) is 11.9. The highest BCUT2D eigenvalue weighted by molar-refractivity contribution is 6.32. The number of methoxy groups -OCH3 is 1. The highest BCUT2D eigenvalue weighted by Crippen LogP contribution is 2.37. The number of nitro benzene ring substituents is 1. The molecule has 2 rings (SSSR count). The highest BCUT2D eigenvalue weighted by Gasteiger charge is 2.31. The summed E-state index contributed by atoms with van der Waals surface area (Å²) in [6.45, 7) is 1.13. The average Bonchev–Trinajstić information content (AvgIpc) is 2.60. The van der Waals surface area contributed by atoms with E-state index >= 15 is 0 Å². The van der Waals surface area contributed by atoms with Crippen LogP contribution in [0.5, 0.6) is 11.5 Å². The van der Waals surface area contributed by atoms with Gasteiger partial charge >= 0.3 is 6.18 Å². The van der Waals surface area contributed by atoms with E-state index in [9.17, 15) is 28.1 Å². The van der Waals surface area contributed by atoms with Crippen LogP contribution in [-0.2, 0) is 15.7 Å². The monoisotopic (exact) mass is 416 g/mol. The standard InChI is InChI=1S/C17H12ClF3N2O5/c1-9(24)22-16(27-2)12-8-11(4-5-14(12)23(25)26)28-15-6-3-10(7-13(15)18)17(19,20)21/h3-8H,1-2H3. The van der Waals surface area contributed by atoms with Crippen molar-refractivity contribution < 1.29 is 32.4 Å². The number of hydrogen-bond donors (Lipinski definition) is 0. The lowest BCUT2D eigenvalue weighted by atomic mass is 10.1. The molecule has 0 saturated carbocycles. The lowest BCUT2D eigenvalue weighted by molar-refractivity contribution is -0.385. The summed E-state index contributed by atoms with van der Waals surface area (Å²) in [7, 11) is 1.17. The van der Waals surface area contributed by atoms with E-state index in [1.54, 1.807) is 0 Å². The van der Waals surface area contributed by atoms with E-state index < -0.39 is 28.3 Å². The Morgan fingerprint density at radius 2 is 1.89 bits per heavy atom. The Morgan fingerprint density at radius 3 is 2.39 bits per heavy atom. The van der Waals surface area contributed by atoms with Crippen LogP contribution < -0.4 is 4.74 Å². The maximum absolute atomic E-state index is 12.7. The topological polar surface area (TPSA) is 91.0 Å². The van der Waals surface area contributed by atoms with Crippen LogP contribution in [0.25, 0.3) is 0 Å². The van der Waals surface area contributed by atoms with Crippen molar-refractivity contribution in [2.75, 3.05) is 7.11 Å². The Balaban J connectivity index is 2.47. The Morgan fingerprint density at radius 1 is 1.21 bits per heavy atom. The average molecular weight is 417 g/mol. The van der Waals surface area contributed by atoms with Gasteiger partial charge in [0.15, 0.2) is 0 Å². The van der Waals surface area contributed by atoms with E-state index in [-0.39, 0.29) is 28.0 Å². The predicted molar refractivity (Wildman–Crippen MR) is 93.9 cm³/mol. The molecule has 2 aromatic rings. The molecule has 0 atom stereocenters. The number of amides is 1. The molecule has 28 heavy (non-hydrogen) atoms. The molecule has 0 N–H and O–H groups in total. The number of nitro groups is 1. The second-order valence-electron chi connectivity index (χ2n) is 5.32. The summed E-state index contributed by atoms with van der Waals surface area (Å²) in [4.78, 5) is 25.3. The van der Waals surface area contributed by atoms with Gasteiger partial charge in [0.1, 0.15) is 17.1 Å². The number of alkyl halides is 3. The van der Waals surface area contributed by atoms with Crippen LogP contribution in [0, 0.1) is 10.1 Å². The molecule has 11 heteroatoms. The fourth-order valence-electron chi connectivity index (χ4n) is 2.15. The molecular weight excluding hydrogens is 405 g/mol. The molecular formula is C17H12ClF3N2O5. The van der Waals surface area contributed by atoms with Crippen LogP contribution in [0.15, 0.2) is 41.4 Å². The first-order valence-electron chi connectivity index (χ1n) is 7.49. The van der Waals surface area contributed by atoms with Gasteiger partial charge < -0.3 is 9.47 Å². The van der Waals surface area contributed by atoms with Crippen LogP contribution in [0.3, 0.4) is 0 Å². The van der Waals surface area contributed by atoms with Gasteiger partial charge in [0.25, 0.3) is 5.69 Å². The van der Waals surface area contributed by atoms with Crippen molar-refractivity contribution >= 4 is 29.1 Å². The number of hydrogen-bond acceptors (Lipinski definition) is 5. The van der Waals surface area contributed by atoms with E-state index in [0.29, 0.717) is 6.07 Å². The van der Waals surface area contributed by atoms with Crippen molar-refractivity contribution in [2.45, 2.75) is 13.1 Å². The molecule has 0 fully saturated rings. The van der Waals surface area contributed by atoms with Gasteiger partial charge in [-0.2, -0.15) is 18.2 Å².